The van der Waals surface area contributed by atoms with Crippen LogP contribution in [0.25, 0.3) is 5.69 Å². The lowest BCUT2D eigenvalue weighted by atomic mass is 9.97. The van der Waals surface area contributed by atoms with E-state index in [9.17, 15) is 22.8 Å². The van der Waals surface area contributed by atoms with Gasteiger partial charge in [0.25, 0.3) is 0 Å². The molecule has 0 bridgehead atoms. The lowest BCUT2D eigenvalue weighted by molar-refractivity contribution is -0.146. The Morgan fingerprint density at radius 2 is 1.65 bits per heavy atom. The molecule has 0 aliphatic carbocycles. The molecule has 6 nitrogen and oxygen atoms in total. The molecule has 26 heavy (non-hydrogen) atoms. The van der Waals surface area contributed by atoms with Crippen molar-refractivity contribution < 1.29 is 32.2 Å². The van der Waals surface area contributed by atoms with E-state index in [1.165, 1.54) is 52.1 Å². The fourth-order valence-corrected chi connectivity index (χ4v) is 1.87. The van der Waals surface area contributed by atoms with Crippen LogP contribution < -0.4 is 4.74 Å². The number of hydrogen-bond acceptors (Lipinski definition) is 5. The number of alkyl halides is 3. The molecular formula is C17H17F3N2O4. The van der Waals surface area contributed by atoms with Crippen molar-refractivity contribution in [3.05, 3.63) is 41.7 Å². The van der Waals surface area contributed by atoms with E-state index in [1.54, 1.807) is 0 Å². The van der Waals surface area contributed by atoms with Crippen LogP contribution in [-0.4, -0.2) is 28.8 Å². The van der Waals surface area contributed by atoms with Crippen LogP contribution in [0.5, 0.6) is 5.75 Å². The predicted octanol–water partition coefficient (Wildman–Crippen LogP) is 3.63. The first kappa shape index (κ1) is 19.5. The molecule has 2 rings (SSSR count). The minimum Gasteiger partial charge on any atom is -0.497 e. The Bertz CT molecular complexity index is 818. The second-order valence-corrected chi connectivity index (χ2v) is 6.45. The van der Waals surface area contributed by atoms with Crippen LogP contribution in [-0.2, 0) is 15.7 Å². The Hall–Kier alpha value is -2.84. The zero-order valence-electron chi connectivity index (χ0n) is 14.5. The van der Waals surface area contributed by atoms with Crippen LogP contribution in [0.1, 0.15) is 37.0 Å². The lowest BCUT2D eigenvalue weighted by Crippen LogP contribution is -2.26. The number of carbonyl (C=O) groups excluding carboxylic acids is 2. The van der Waals surface area contributed by atoms with Crippen molar-refractivity contribution >= 4 is 11.9 Å². The van der Waals surface area contributed by atoms with E-state index >= 15 is 0 Å². The van der Waals surface area contributed by atoms with Gasteiger partial charge in [-0.05, 0) is 45.0 Å². The highest BCUT2D eigenvalue weighted by atomic mass is 19.4. The first-order chi connectivity index (χ1) is 11.9. The molecule has 1 heterocycles. The smallest absolute Gasteiger partial charge is 0.435 e. The van der Waals surface area contributed by atoms with E-state index in [1.807, 2.05) is 0 Å². The summed E-state index contributed by atoms with van der Waals surface area (Å²) in [6.07, 6.45) is -4.76. The molecule has 0 aliphatic heterocycles. The van der Waals surface area contributed by atoms with E-state index < -0.39 is 34.9 Å². The van der Waals surface area contributed by atoms with Crippen molar-refractivity contribution in [3.63, 3.8) is 0 Å². The molecule has 0 aliphatic rings. The molecule has 1 aromatic carbocycles. The van der Waals surface area contributed by atoms with Crippen molar-refractivity contribution in [1.29, 1.82) is 0 Å². The number of esters is 2. The molecule has 0 saturated heterocycles. The summed E-state index contributed by atoms with van der Waals surface area (Å²) in [7, 11) is 1.44. The van der Waals surface area contributed by atoms with Gasteiger partial charge in [0.1, 0.15) is 5.75 Å². The fraction of sp³-hybridized carbons (Fsp3) is 0.353. The summed E-state index contributed by atoms with van der Waals surface area (Å²) in [5.41, 5.74) is -2.60. The summed E-state index contributed by atoms with van der Waals surface area (Å²) in [6.45, 7) is 4.56. The molecule has 0 spiro atoms. The predicted molar refractivity (Wildman–Crippen MR) is 85.0 cm³/mol. The van der Waals surface area contributed by atoms with Crippen molar-refractivity contribution in [2.75, 3.05) is 7.11 Å². The SMILES string of the molecule is COc1ccc(-n2nc(C(F)(F)F)cc2C(=O)OC(=O)C(C)(C)C)cc1. The van der Waals surface area contributed by atoms with Crippen LogP contribution in [0.15, 0.2) is 30.3 Å². The van der Waals surface area contributed by atoms with Crippen molar-refractivity contribution in [2.45, 2.75) is 26.9 Å². The maximum Gasteiger partial charge on any atom is 0.435 e. The van der Waals surface area contributed by atoms with Gasteiger partial charge in [-0.25, -0.2) is 9.48 Å². The van der Waals surface area contributed by atoms with Crippen LogP contribution in [0, 0.1) is 5.41 Å². The van der Waals surface area contributed by atoms with Gasteiger partial charge in [-0.2, -0.15) is 18.3 Å². The van der Waals surface area contributed by atoms with E-state index in [4.69, 9.17) is 9.47 Å². The van der Waals surface area contributed by atoms with Gasteiger partial charge in [0.15, 0.2) is 11.4 Å². The van der Waals surface area contributed by atoms with E-state index in [0.29, 0.717) is 11.8 Å². The molecule has 1 aromatic heterocycles. The first-order valence-electron chi connectivity index (χ1n) is 7.52. The Morgan fingerprint density at radius 1 is 1.08 bits per heavy atom. The molecule has 2 aromatic rings. The zero-order chi connectivity index (χ0) is 19.7. The number of methoxy groups -OCH3 is 1. The molecule has 0 fully saturated rings. The largest absolute Gasteiger partial charge is 0.497 e. The molecule has 9 heteroatoms. The number of benzene rings is 1. The third-order valence-corrected chi connectivity index (χ3v) is 3.32. The third kappa shape index (κ3) is 4.22. The number of nitrogens with zero attached hydrogens (tertiary/aromatic N) is 2. The molecule has 0 saturated carbocycles. The number of aromatic nitrogens is 2. The van der Waals surface area contributed by atoms with Crippen molar-refractivity contribution in [1.82, 2.24) is 9.78 Å². The standard InChI is InChI=1S/C17H17F3N2O4/c1-16(2,3)15(24)26-14(23)12-9-13(17(18,19)20)21-22(12)10-5-7-11(25-4)8-6-10/h5-9H,1-4H3. The van der Waals surface area contributed by atoms with Gasteiger partial charge in [-0.1, -0.05) is 0 Å². The number of hydrogen-bond donors (Lipinski definition) is 0. The van der Waals surface area contributed by atoms with Gasteiger partial charge < -0.3 is 9.47 Å². The van der Waals surface area contributed by atoms with Crippen LogP contribution in [0.4, 0.5) is 13.2 Å². The average molecular weight is 370 g/mol. The van der Waals surface area contributed by atoms with Crippen LogP contribution >= 0.6 is 0 Å². The maximum absolute atomic E-state index is 13.0. The molecular weight excluding hydrogens is 353 g/mol. The molecule has 0 unspecified atom stereocenters. The summed E-state index contributed by atoms with van der Waals surface area (Å²) in [5, 5.41) is 3.44. The molecule has 0 atom stereocenters. The topological polar surface area (TPSA) is 70.4 Å². The summed E-state index contributed by atoms with van der Waals surface area (Å²) >= 11 is 0. The third-order valence-electron chi connectivity index (χ3n) is 3.32. The average Bonchev–Trinajstić information content (AvgIpc) is 2.99. The van der Waals surface area contributed by atoms with Gasteiger partial charge in [0.2, 0.25) is 0 Å². The zero-order valence-corrected chi connectivity index (χ0v) is 14.5. The Labute approximate surface area is 147 Å². The highest BCUT2D eigenvalue weighted by Crippen LogP contribution is 2.30. The molecule has 0 N–H and O–H groups in total. The quantitative estimate of drug-likeness (QED) is 0.610. The monoisotopic (exact) mass is 370 g/mol. The van der Waals surface area contributed by atoms with Crippen LogP contribution in [0.2, 0.25) is 0 Å². The summed E-state index contributed by atoms with van der Waals surface area (Å²) < 4.78 is 49.5. The first-order valence-corrected chi connectivity index (χ1v) is 7.52. The highest BCUT2D eigenvalue weighted by molar-refractivity contribution is 5.97. The van der Waals surface area contributed by atoms with Gasteiger partial charge in [0, 0.05) is 6.07 Å². The number of halogens is 3. The van der Waals surface area contributed by atoms with Gasteiger partial charge in [0.05, 0.1) is 18.2 Å². The highest BCUT2D eigenvalue weighted by Gasteiger charge is 2.37. The Balaban J connectivity index is 2.47. The normalized spacial score (nSPS) is 12.0. The van der Waals surface area contributed by atoms with E-state index in [-0.39, 0.29) is 5.69 Å². The molecule has 140 valence electrons. The number of ether oxygens (including phenoxy) is 2. The van der Waals surface area contributed by atoms with Crippen molar-refractivity contribution in [2.24, 2.45) is 5.41 Å². The summed E-state index contributed by atoms with van der Waals surface area (Å²) in [5.74, 6) is -1.61. The second kappa shape index (κ2) is 6.81. The minimum absolute atomic E-state index is 0.177. The van der Waals surface area contributed by atoms with Gasteiger partial charge >= 0.3 is 18.1 Å². The number of carbonyl (C=O) groups is 2. The van der Waals surface area contributed by atoms with Crippen molar-refractivity contribution in [3.8, 4) is 11.4 Å². The van der Waals surface area contributed by atoms with E-state index in [2.05, 4.69) is 5.10 Å². The van der Waals surface area contributed by atoms with E-state index in [0.717, 1.165) is 4.68 Å². The molecule has 0 amide bonds. The Kier molecular flexibility index (Phi) is 5.11. The van der Waals surface area contributed by atoms with Crippen LogP contribution in [0.3, 0.4) is 0 Å². The second-order valence-electron chi connectivity index (χ2n) is 6.45. The lowest BCUT2D eigenvalue weighted by Gasteiger charge is -2.15. The minimum atomic E-state index is -4.76. The summed E-state index contributed by atoms with van der Waals surface area (Å²) in [6, 6.07) is 6.39. The van der Waals surface area contributed by atoms with Gasteiger partial charge in [-0.15, -0.1) is 0 Å². The number of rotatable bonds is 3. The Morgan fingerprint density at radius 3 is 2.12 bits per heavy atom. The maximum atomic E-state index is 13.0. The fourth-order valence-electron chi connectivity index (χ4n) is 1.87. The van der Waals surface area contributed by atoms with Gasteiger partial charge in [-0.3, -0.25) is 4.79 Å². The molecule has 0 radical (unpaired) electrons. The summed E-state index contributed by atoms with van der Waals surface area (Å²) in [4.78, 5) is 24.1.